The van der Waals surface area contributed by atoms with Gasteiger partial charge in [-0.25, -0.2) is 0 Å². The molecule has 1 aromatic carbocycles. The van der Waals surface area contributed by atoms with Crippen molar-refractivity contribution in [2.45, 2.75) is 13.3 Å². The van der Waals surface area contributed by atoms with Crippen LogP contribution >= 0.6 is 15.9 Å². The molecular weight excluding hydrogens is 305 g/mol. The molecule has 0 heterocycles. The van der Waals surface area contributed by atoms with Crippen molar-refractivity contribution in [2.75, 3.05) is 0 Å². The van der Waals surface area contributed by atoms with Crippen LogP contribution in [-0.2, 0) is 0 Å². The fourth-order valence-corrected chi connectivity index (χ4v) is 1.72. The summed E-state index contributed by atoms with van der Waals surface area (Å²) in [6, 6.07) is 2.08. The van der Waals surface area contributed by atoms with E-state index in [1.807, 2.05) is 0 Å². The lowest BCUT2D eigenvalue weighted by molar-refractivity contribution is -0.274. The molecule has 3 nitrogen and oxygen atoms in total. The fourth-order valence-electron chi connectivity index (χ4n) is 1.20. The maximum absolute atomic E-state index is 12.0. The SMILES string of the molecule is CC(=O)c1ccc(OC(F)(F)F)c(Br)c1C=O. The normalized spacial score (nSPS) is 11.1. The Morgan fingerprint density at radius 2 is 2.00 bits per heavy atom. The lowest BCUT2D eigenvalue weighted by Gasteiger charge is -2.12. The van der Waals surface area contributed by atoms with E-state index in [1.165, 1.54) is 6.92 Å². The van der Waals surface area contributed by atoms with E-state index in [1.54, 1.807) is 0 Å². The van der Waals surface area contributed by atoms with Gasteiger partial charge in [0.15, 0.2) is 12.1 Å². The molecular formula is C10H6BrF3O3. The number of benzene rings is 1. The molecule has 0 aliphatic heterocycles. The number of ketones is 1. The maximum atomic E-state index is 12.0. The summed E-state index contributed by atoms with van der Waals surface area (Å²) in [4.78, 5) is 21.9. The minimum Gasteiger partial charge on any atom is -0.405 e. The van der Waals surface area contributed by atoms with E-state index in [-0.39, 0.29) is 15.6 Å². The Kier molecular flexibility index (Phi) is 3.92. The Hall–Kier alpha value is -1.37. The monoisotopic (exact) mass is 310 g/mol. The first-order chi connectivity index (χ1) is 7.76. The zero-order valence-corrected chi connectivity index (χ0v) is 10.1. The quantitative estimate of drug-likeness (QED) is 0.635. The standard InChI is InChI=1S/C10H6BrF3O3/c1-5(16)6-2-3-8(17-10(12,13)14)9(11)7(6)4-15/h2-4H,1H3. The fraction of sp³-hybridized carbons (Fsp3) is 0.200. The van der Waals surface area contributed by atoms with Gasteiger partial charge in [0.1, 0.15) is 5.75 Å². The molecule has 17 heavy (non-hydrogen) atoms. The zero-order valence-electron chi connectivity index (χ0n) is 8.47. The smallest absolute Gasteiger partial charge is 0.405 e. The van der Waals surface area contributed by atoms with Gasteiger partial charge in [0.05, 0.1) is 4.47 Å². The number of hydrogen-bond donors (Lipinski definition) is 0. The molecule has 92 valence electrons. The van der Waals surface area contributed by atoms with Crippen molar-refractivity contribution in [3.8, 4) is 5.75 Å². The van der Waals surface area contributed by atoms with Gasteiger partial charge in [-0.15, -0.1) is 13.2 Å². The van der Waals surface area contributed by atoms with Crippen LogP contribution in [0, 0.1) is 0 Å². The second-order valence-corrected chi connectivity index (χ2v) is 3.85. The summed E-state index contributed by atoms with van der Waals surface area (Å²) in [6.45, 7) is 1.21. The summed E-state index contributed by atoms with van der Waals surface area (Å²) in [7, 11) is 0. The highest BCUT2D eigenvalue weighted by Gasteiger charge is 2.32. The Morgan fingerprint density at radius 3 is 2.41 bits per heavy atom. The molecule has 0 saturated carbocycles. The second-order valence-electron chi connectivity index (χ2n) is 3.06. The minimum atomic E-state index is -4.86. The highest BCUT2D eigenvalue weighted by atomic mass is 79.9. The first-order valence-electron chi connectivity index (χ1n) is 4.30. The number of rotatable bonds is 3. The molecule has 0 saturated heterocycles. The van der Waals surface area contributed by atoms with Crippen molar-refractivity contribution in [3.05, 3.63) is 27.7 Å². The number of carbonyl (C=O) groups is 2. The molecule has 0 amide bonds. The van der Waals surface area contributed by atoms with E-state index in [4.69, 9.17) is 0 Å². The topological polar surface area (TPSA) is 43.4 Å². The maximum Gasteiger partial charge on any atom is 0.573 e. The molecule has 0 atom stereocenters. The molecule has 1 rings (SSSR count). The number of halogens is 4. The third-order valence-electron chi connectivity index (χ3n) is 1.87. The predicted octanol–water partition coefficient (Wildman–Crippen LogP) is 3.36. The summed E-state index contributed by atoms with van der Waals surface area (Å²) in [5.41, 5.74) is -0.138. The number of Topliss-reactive ketones (excluding diaryl/α,β-unsaturated/α-hetero) is 1. The van der Waals surface area contributed by atoms with Crippen LogP contribution in [0.15, 0.2) is 16.6 Å². The lowest BCUT2D eigenvalue weighted by atomic mass is 10.1. The van der Waals surface area contributed by atoms with Crippen LogP contribution in [0.4, 0.5) is 13.2 Å². The van der Waals surface area contributed by atoms with E-state index < -0.39 is 17.9 Å². The van der Waals surface area contributed by atoms with Crippen LogP contribution in [0.2, 0.25) is 0 Å². The average Bonchev–Trinajstić information content (AvgIpc) is 2.18. The summed E-state index contributed by atoms with van der Waals surface area (Å²) < 4.78 is 39.5. The highest BCUT2D eigenvalue weighted by Crippen LogP contribution is 2.34. The molecule has 0 fully saturated rings. The first kappa shape index (κ1) is 13.7. The van der Waals surface area contributed by atoms with Crippen LogP contribution in [0.1, 0.15) is 27.6 Å². The van der Waals surface area contributed by atoms with Gasteiger partial charge in [-0.2, -0.15) is 0 Å². The van der Waals surface area contributed by atoms with Crippen LogP contribution < -0.4 is 4.74 Å². The third kappa shape index (κ3) is 3.29. The molecule has 0 aromatic heterocycles. The minimum absolute atomic E-state index is 0.0291. The number of aldehydes is 1. The Labute approximate surface area is 103 Å². The van der Waals surface area contributed by atoms with Crippen LogP contribution in [0.5, 0.6) is 5.75 Å². The first-order valence-corrected chi connectivity index (χ1v) is 5.10. The van der Waals surface area contributed by atoms with E-state index in [9.17, 15) is 22.8 Å². The van der Waals surface area contributed by atoms with Crippen molar-refractivity contribution >= 4 is 28.0 Å². The Balaban J connectivity index is 3.30. The van der Waals surface area contributed by atoms with Gasteiger partial charge in [-0.1, -0.05) is 0 Å². The number of alkyl halides is 3. The van der Waals surface area contributed by atoms with Crippen molar-refractivity contribution in [1.82, 2.24) is 0 Å². The molecule has 7 heteroatoms. The van der Waals surface area contributed by atoms with E-state index >= 15 is 0 Å². The Morgan fingerprint density at radius 1 is 1.41 bits per heavy atom. The zero-order chi connectivity index (χ0) is 13.2. The average molecular weight is 311 g/mol. The van der Waals surface area contributed by atoms with Crippen LogP contribution in [-0.4, -0.2) is 18.4 Å². The largest absolute Gasteiger partial charge is 0.573 e. The van der Waals surface area contributed by atoms with Crippen LogP contribution in [0.3, 0.4) is 0 Å². The van der Waals surface area contributed by atoms with Gasteiger partial charge in [0, 0.05) is 11.1 Å². The molecule has 1 aromatic rings. The number of ether oxygens (including phenoxy) is 1. The molecule has 0 bridgehead atoms. The summed E-state index contributed by atoms with van der Waals surface area (Å²) in [5, 5.41) is 0. The van der Waals surface area contributed by atoms with Crippen LogP contribution in [0.25, 0.3) is 0 Å². The van der Waals surface area contributed by atoms with E-state index in [2.05, 4.69) is 20.7 Å². The lowest BCUT2D eigenvalue weighted by Crippen LogP contribution is -2.18. The number of carbonyl (C=O) groups excluding carboxylic acids is 2. The van der Waals surface area contributed by atoms with Gasteiger partial charge < -0.3 is 4.74 Å². The second kappa shape index (κ2) is 4.87. The molecule has 0 unspecified atom stereocenters. The van der Waals surface area contributed by atoms with E-state index in [0.717, 1.165) is 12.1 Å². The van der Waals surface area contributed by atoms with Gasteiger partial charge in [0.2, 0.25) is 0 Å². The van der Waals surface area contributed by atoms with Crippen molar-refractivity contribution in [1.29, 1.82) is 0 Å². The summed E-state index contributed by atoms with van der Waals surface area (Å²) in [6.07, 6.45) is -4.57. The molecule has 0 aliphatic rings. The van der Waals surface area contributed by atoms with Crippen molar-refractivity contribution in [2.24, 2.45) is 0 Å². The third-order valence-corrected chi connectivity index (χ3v) is 2.69. The van der Waals surface area contributed by atoms with Gasteiger partial charge in [-0.05, 0) is 35.0 Å². The van der Waals surface area contributed by atoms with E-state index in [0.29, 0.717) is 6.29 Å². The molecule has 0 spiro atoms. The molecule has 0 radical (unpaired) electrons. The molecule has 0 N–H and O–H groups in total. The van der Waals surface area contributed by atoms with Gasteiger partial charge >= 0.3 is 6.36 Å². The van der Waals surface area contributed by atoms with Crippen molar-refractivity contribution < 1.29 is 27.5 Å². The van der Waals surface area contributed by atoms with Gasteiger partial charge in [0.25, 0.3) is 0 Å². The Bertz CT molecular complexity index is 469. The summed E-state index contributed by atoms with van der Waals surface area (Å²) >= 11 is 2.80. The highest BCUT2D eigenvalue weighted by molar-refractivity contribution is 9.10. The van der Waals surface area contributed by atoms with Crippen molar-refractivity contribution in [3.63, 3.8) is 0 Å². The molecule has 0 aliphatic carbocycles. The predicted molar refractivity (Wildman–Crippen MR) is 56.2 cm³/mol. The van der Waals surface area contributed by atoms with Gasteiger partial charge in [-0.3, -0.25) is 9.59 Å². The summed E-state index contributed by atoms with van der Waals surface area (Å²) in [5.74, 6) is -0.990. The number of hydrogen-bond acceptors (Lipinski definition) is 3.